The Labute approximate surface area is 43.5 Å². The summed E-state index contributed by atoms with van der Waals surface area (Å²) in [7, 11) is 0. The van der Waals surface area contributed by atoms with E-state index in [1.807, 2.05) is 12.5 Å². The normalized spacial score (nSPS) is 4.50. The van der Waals surface area contributed by atoms with E-state index in [0.717, 1.165) is 0 Å². The van der Waals surface area contributed by atoms with E-state index in [1.165, 1.54) is 0 Å². The van der Waals surface area contributed by atoms with Gasteiger partial charge in [-0.15, -0.1) is 0 Å². The molecule has 0 aromatic rings. The summed E-state index contributed by atoms with van der Waals surface area (Å²) >= 11 is 1.75. The van der Waals surface area contributed by atoms with Crippen LogP contribution in [0.2, 0.25) is 0 Å². The molecule has 4 heavy (non-hydrogen) atoms. The third kappa shape index (κ3) is 12.5. The zero-order valence-electron chi connectivity index (χ0n) is 3.41. The molecule has 0 N–H and O–H groups in total. The molecule has 0 aliphatic heterocycles. The smallest absolute Gasteiger partial charge is 0 e. The van der Waals surface area contributed by atoms with Gasteiger partial charge in [-0.05, 0) is 12.5 Å². The van der Waals surface area contributed by atoms with Gasteiger partial charge in [0.25, 0.3) is 0 Å². The number of hydrogen-bond acceptors (Lipinski definition) is 1. The van der Waals surface area contributed by atoms with Crippen LogP contribution in [0.1, 0.15) is 0 Å². The van der Waals surface area contributed by atoms with Crippen molar-refractivity contribution in [2.45, 2.75) is 0 Å². The molecule has 0 fully saturated rings. The summed E-state index contributed by atoms with van der Waals surface area (Å²) in [6, 6.07) is 0. The molecule has 0 rings (SSSR count). The fourth-order valence-electron chi connectivity index (χ4n) is 0. The van der Waals surface area contributed by atoms with Gasteiger partial charge >= 0.3 is 0 Å². The third-order valence-corrected chi connectivity index (χ3v) is 0. The first kappa shape index (κ1) is 8.87. The van der Waals surface area contributed by atoms with Crippen LogP contribution in [0.5, 0.6) is 0 Å². The summed E-state index contributed by atoms with van der Waals surface area (Å²) in [5.74, 6) is 0. The third-order valence-electron chi connectivity index (χ3n) is 0. The minimum Gasteiger partial charge on any atom is -0.169 e. The topological polar surface area (TPSA) is 0 Å². The Morgan fingerprint density at radius 3 is 1.25 bits per heavy atom. The maximum Gasteiger partial charge on any atom is 0 e. The van der Waals surface area contributed by atoms with Gasteiger partial charge in [0.05, 0.1) is 0 Å². The molecule has 0 aliphatic carbocycles. The first-order valence-corrected chi connectivity index (χ1v) is 2.45. The summed E-state index contributed by atoms with van der Waals surface area (Å²) in [6.45, 7) is 0. The van der Waals surface area contributed by atoms with Crippen LogP contribution < -0.4 is 0 Å². The van der Waals surface area contributed by atoms with E-state index in [-0.39, 0.29) is 18.9 Å². The van der Waals surface area contributed by atoms with Gasteiger partial charge in [0, 0.05) is 18.9 Å². The Bertz CT molecular complexity index is 6.00. The Morgan fingerprint density at radius 2 is 1.25 bits per heavy atom. The van der Waals surface area contributed by atoms with E-state index < -0.39 is 0 Å². The van der Waals surface area contributed by atoms with E-state index >= 15 is 0 Å². The second kappa shape index (κ2) is 9.04. The number of rotatable bonds is 0. The summed E-state index contributed by atoms with van der Waals surface area (Å²) in [6.07, 6.45) is 4.08. The van der Waals surface area contributed by atoms with Crippen molar-refractivity contribution in [3.63, 3.8) is 0 Å². The largest absolute Gasteiger partial charge is 0.169 e. The van der Waals surface area contributed by atoms with Crippen LogP contribution in [-0.2, 0) is 0 Å². The molecule has 0 aromatic carbocycles. The van der Waals surface area contributed by atoms with Crippen LogP contribution in [0.3, 0.4) is 0 Å². The molecule has 0 spiro atoms. The molecule has 0 atom stereocenters. The molecule has 0 saturated heterocycles. The average molecular weight is 69.1 g/mol. The predicted octanol–water partition coefficient (Wildman–Crippen LogP) is 0.598. The van der Waals surface area contributed by atoms with Crippen molar-refractivity contribution in [1.29, 1.82) is 0 Å². The zero-order valence-corrected chi connectivity index (χ0v) is 4.22. The van der Waals surface area contributed by atoms with Gasteiger partial charge in [0.2, 0.25) is 0 Å². The van der Waals surface area contributed by atoms with Gasteiger partial charge in [0.15, 0.2) is 0 Å². The summed E-state index contributed by atoms with van der Waals surface area (Å²) < 4.78 is 0. The Morgan fingerprint density at radius 1 is 1.25 bits per heavy atom. The van der Waals surface area contributed by atoms with Gasteiger partial charge in [0.1, 0.15) is 0 Å². The van der Waals surface area contributed by atoms with Crippen molar-refractivity contribution >= 4 is 30.6 Å². The maximum atomic E-state index is 2.04. The predicted molar refractivity (Wildman–Crippen MR) is 25.2 cm³/mol. The van der Waals surface area contributed by atoms with Gasteiger partial charge in [-0.25, -0.2) is 0 Å². The van der Waals surface area contributed by atoms with Crippen molar-refractivity contribution < 1.29 is 0 Å². The van der Waals surface area contributed by atoms with Crippen molar-refractivity contribution in [3.05, 3.63) is 0 Å². The minimum absolute atomic E-state index is 0. The van der Waals surface area contributed by atoms with Crippen LogP contribution in [0.4, 0.5) is 0 Å². The molecule has 0 amide bonds. The molecule has 0 heterocycles. The van der Waals surface area contributed by atoms with Crippen LogP contribution in [0, 0.1) is 0 Å². The standard InChI is InChI=1S/C2H6S.Li/c1-3-2;/h1-2H3;. The first-order chi connectivity index (χ1) is 1.41. The van der Waals surface area contributed by atoms with E-state index in [0.29, 0.717) is 0 Å². The number of thioether (sulfide) groups is 1. The van der Waals surface area contributed by atoms with Gasteiger partial charge in [-0.3, -0.25) is 0 Å². The molecule has 0 unspecified atom stereocenters. The van der Waals surface area contributed by atoms with Crippen LogP contribution in [-0.4, -0.2) is 31.4 Å². The van der Waals surface area contributed by atoms with Gasteiger partial charge < -0.3 is 0 Å². The summed E-state index contributed by atoms with van der Waals surface area (Å²) in [4.78, 5) is 0. The van der Waals surface area contributed by atoms with E-state index in [4.69, 9.17) is 0 Å². The molecule has 0 aliphatic rings. The molecular formula is C2H6LiS. The molecule has 21 valence electrons. The fourth-order valence-corrected chi connectivity index (χ4v) is 0. The molecule has 0 aromatic heterocycles. The van der Waals surface area contributed by atoms with Crippen LogP contribution in [0.25, 0.3) is 0 Å². The van der Waals surface area contributed by atoms with Gasteiger partial charge in [-0.2, -0.15) is 11.8 Å². The van der Waals surface area contributed by atoms with Gasteiger partial charge in [-0.1, -0.05) is 0 Å². The molecule has 2 heteroatoms. The molecule has 0 bridgehead atoms. The fraction of sp³-hybridized carbons (Fsp3) is 1.00. The van der Waals surface area contributed by atoms with E-state index in [1.54, 1.807) is 11.8 Å². The molecular weight excluding hydrogens is 63.0 g/mol. The summed E-state index contributed by atoms with van der Waals surface area (Å²) in [5.41, 5.74) is 0. The first-order valence-electron chi connectivity index (χ1n) is 0.816. The number of hydrogen-bond donors (Lipinski definition) is 0. The van der Waals surface area contributed by atoms with Crippen LogP contribution >= 0.6 is 11.8 Å². The van der Waals surface area contributed by atoms with Crippen molar-refractivity contribution in [3.8, 4) is 0 Å². The van der Waals surface area contributed by atoms with Crippen molar-refractivity contribution in [2.24, 2.45) is 0 Å². The zero-order chi connectivity index (χ0) is 2.71. The summed E-state index contributed by atoms with van der Waals surface area (Å²) in [5, 5.41) is 0. The molecule has 0 saturated carbocycles. The second-order valence-electron chi connectivity index (χ2n) is 0.408. The van der Waals surface area contributed by atoms with E-state index in [2.05, 4.69) is 0 Å². The maximum absolute atomic E-state index is 2.04. The molecule has 0 nitrogen and oxygen atoms in total. The molecule has 1 radical (unpaired) electrons. The monoisotopic (exact) mass is 69.0 g/mol. The van der Waals surface area contributed by atoms with Crippen molar-refractivity contribution in [1.82, 2.24) is 0 Å². The Hall–Kier alpha value is 0.947. The Balaban J connectivity index is 0. The van der Waals surface area contributed by atoms with E-state index in [9.17, 15) is 0 Å². The van der Waals surface area contributed by atoms with Crippen molar-refractivity contribution in [2.75, 3.05) is 12.5 Å². The van der Waals surface area contributed by atoms with Crippen LogP contribution in [0.15, 0.2) is 0 Å². The minimum atomic E-state index is 0. The quantitative estimate of drug-likeness (QED) is 0.375. The average Bonchev–Trinajstić information content (AvgIpc) is 0.918. The Kier molecular flexibility index (Phi) is 20.1. The SMILES string of the molecule is CSC.[Li]. The second-order valence-corrected chi connectivity index (χ2v) is 1.22.